The Kier molecular flexibility index (Phi) is 5.50. The fourth-order valence-corrected chi connectivity index (χ4v) is 3.29. The van der Waals surface area contributed by atoms with Crippen molar-refractivity contribution in [1.29, 1.82) is 0 Å². The number of amides is 1. The molecule has 0 radical (unpaired) electrons. The fraction of sp³-hybridized carbons (Fsp3) is 0.375. The number of carbonyl (C=O) groups excluding carboxylic acids is 2. The van der Waals surface area contributed by atoms with Crippen molar-refractivity contribution in [2.24, 2.45) is 0 Å². The molecule has 0 bridgehead atoms. The van der Waals surface area contributed by atoms with Crippen molar-refractivity contribution in [3.63, 3.8) is 0 Å². The number of hydrogen-bond acceptors (Lipinski definition) is 5. The molecule has 2 rings (SSSR count). The van der Waals surface area contributed by atoms with Crippen LogP contribution < -0.4 is 5.32 Å². The molecule has 0 saturated carbocycles. The smallest absolute Gasteiger partial charge is 0.355 e. The molecule has 0 fully saturated rings. The molecule has 1 amide bonds. The Morgan fingerprint density at radius 2 is 2.08 bits per heavy atom. The van der Waals surface area contributed by atoms with E-state index in [9.17, 15) is 14.4 Å². The Morgan fingerprint density at radius 1 is 1.38 bits per heavy atom. The minimum Gasteiger partial charge on any atom is -0.476 e. The number of aromatic amines is 1. The molecule has 0 atom stereocenters. The van der Waals surface area contributed by atoms with E-state index in [2.05, 4.69) is 15.3 Å². The van der Waals surface area contributed by atoms with Gasteiger partial charge in [-0.3, -0.25) is 9.59 Å². The van der Waals surface area contributed by atoms with Gasteiger partial charge in [0.25, 0.3) is 5.91 Å². The van der Waals surface area contributed by atoms with Crippen LogP contribution in [0, 0.1) is 6.92 Å². The summed E-state index contributed by atoms with van der Waals surface area (Å²) in [6, 6.07) is 0. The van der Waals surface area contributed by atoms with Crippen LogP contribution in [-0.2, 0) is 13.0 Å². The van der Waals surface area contributed by atoms with Gasteiger partial charge in [-0.2, -0.15) is 0 Å². The average Bonchev–Trinajstić information content (AvgIpc) is 3.10. The largest absolute Gasteiger partial charge is 0.476 e. The van der Waals surface area contributed by atoms with Crippen LogP contribution in [0.2, 0.25) is 0 Å². The first kappa shape index (κ1) is 17.9. The SMILES string of the molecule is CCCc1c(C(=O)NCc2nc(C(=O)O)cs2)[nH]c(C)c1C(C)=O. The lowest BCUT2D eigenvalue weighted by atomic mass is 10.0. The standard InChI is InChI=1S/C16H19N3O4S/c1-4-5-10-13(9(3)20)8(2)18-14(10)15(21)17-6-12-19-11(7-24-12)16(22)23/h7,18H,4-6H2,1-3H3,(H,17,21)(H,22,23). The predicted molar refractivity (Wildman–Crippen MR) is 89.8 cm³/mol. The van der Waals surface area contributed by atoms with Gasteiger partial charge in [0.2, 0.25) is 0 Å². The summed E-state index contributed by atoms with van der Waals surface area (Å²) >= 11 is 1.17. The van der Waals surface area contributed by atoms with Crippen molar-refractivity contribution in [1.82, 2.24) is 15.3 Å². The molecule has 2 heterocycles. The summed E-state index contributed by atoms with van der Waals surface area (Å²) in [5, 5.41) is 13.5. The van der Waals surface area contributed by atoms with Crippen molar-refractivity contribution in [2.75, 3.05) is 0 Å². The van der Waals surface area contributed by atoms with Crippen molar-refractivity contribution in [2.45, 2.75) is 40.2 Å². The lowest BCUT2D eigenvalue weighted by Crippen LogP contribution is -2.24. The summed E-state index contributed by atoms with van der Waals surface area (Å²) < 4.78 is 0. The molecule has 0 aliphatic heterocycles. The highest BCUT2D eigenvalue weighted by Crippen LogP contribution is 2.21. The highest BCUT2D eigenvalue weighted by Gasteiger charge is 2.22. The van der Waals surface area contributed by atoms with Crippen molar-refractivity contribution in [3.05, 3.63) is 38.6 Å². The summed E-state index contributed by atoms with van der Waals surface area (Å²) in [6.45, 7) is 5.37. The van der Waals surface area contributed by atoms with Crippen LogP contribution in [-0.4, -0.2) is 32.7 Å². The van der Waals surface area contributed by atoms with Crippen molar-refractivity contribution in [3.8, 4) is 0 Å². The van der Waals surface area contributed by atoms with Gasteiger partial charge in [0, 0.05) is 16.6 Å². The number of carboxylic acids is 1. The van der Waals surface area contributed by atoms with E-state index in [-0.39, 0.29) is 23.9 Å². The molecule has 0 aliphatic carbocycles. The van der Waals surface area contributed by atoms with Crippen LogP contribution in [0.15, 0.2) is 5.38 Å². The highest BCUT2D eigenvalue weighted by atomic mass is 32.1. The molecule has 2 aromatic heterocycles. The van der Waals surface area contributed by atoms with Gasteiger partial charge >= 0.3 is 5.97 Å². The Morgan fingerprint density at radius 3 is 2.62 bits per heavy atom. The Labute approximate surface area is 143 Å². The van der Waals surface area contributed by atoms with E-state index in [1.807, 2.05) is 6.92 Å². The number of ketones is 1. The monoisotopic (exact) mass is 349 g/mol. The molecule has 24 heavy (non-hydrogen) atoms. The van der Waals surface area contributed by atoms with E-state index in [1.54, 1.807) is 6.92 Å². The lowest BCUT2D eigenvalue weighted by molar-refractivity contribution is 0.0690. The molecule has 0 aromatic carbocycles. The van der Waals surface area contributed by atoms with Gasteiger partial charge < -0.3 is 15.4 Å². The number of hydrogen-bond donors (Lipinski definition) is 3. The molecule has 128 valence electrons. The molecule has 8 heteroatoms. The Balaban J connectivity index is 2.18. The van der Waals surface area contributed by atoms with E-state index >= 15 is 0 Å². The van der Waals surface area contributed by atoms with Gasteiger partial charge in [-0.1, -0.05) is 13.3 Å². The first-order chi connectivity index (χ1) is 11.3. The molecule has 3 N–H and O–H groups in total. The number of aromatic nitrogens is 2. The number of carbonyl (C=O) groups is 3. The number of carboxylic acid groups (broad SMARTS) is 1. The minimum absolute atomic E-state index is 0.0366. The van der Waals surface area contributed by atoms with Gasteiger partial charge in [0.1, 0.15) is 10.7 Å². The quantitative estimate of drug-likeness (QED) is 0.665. The predicted octanol–water partition coefficient (Wildman–Crippen LogP) is 2.56. The van der Waals surface area contributed by atoms with Crippen LogP contribution in [0.5, 0.6) is 0 Å². The Hall–Kier alpha value is -2.48. The van der Waals surface area contributed by atoms with Crippen LogP contribution in [0.4, 0.5) is 0 Å². The second kappa shape index (κ2) is 7.39. The number of nitrogens with zero attached hydrogens (tertiary/aromatic N) is 1. The van der Waals surface area contributed by atoms with Crippen LogP contribution in [0.1, 0.15) is 67.9 Å². The third kappa shape index (κ3) is 3.70. The second-order valence-corrected chi connectivity index (χ2v) is 6.34. The molecule has 0 saturated heterocycles. The molecule has 2 aromatic rings. The topological polar surface area (TPSA) is 112 Å². The fourth-order valence-electron chi connectivity index (χ4n) is 2.58. The number of thiazole rings is 1. The maximum absolute atomic E-state index is 12.4. The van der Waals surface area contributed by atoms with Crippen LogP contribution >= 0.6 is 11.3 Å². The van der Waals surface area contributed by atoms with E-state index < -0.39 is 5.97 Å². The van der Waals surface area contributed by atoms with Gasteiger partial charge in [0.15, 0.2) is 11.5 Å². The van der Waals surface area contributed by atoms with Crippen molar-refractivity contribution < 1.29 is 19.5 Å². The number of aryl methyl sites for hydroxylation is 1. The van der Waals surface area contributed by atoms with Gasteiger partial charge in [0.05, 0.1) is 6.54 Å². The summed E-state index contributed by atoms with van der Waals surface area (Å²) in [5.74, 6) is -1.50. The first-order valence-electron chi connectivity index (χ1n) is 7.53. The normalized spacial score (nSPS) is 10.6. The van der Waals surface area contributed by atoms with Crippen LogP contribution in [0.25, 0.3) is 0 Å². The third-order valence-corrected chi connectivity index (χ3v) is 4.39. The molecule has 0 unspecified atom stereocenters. The number of Topliss-reactive ketones (excluding diaryl/α,β-unsaturated/α-hetero) is 1. The highest BCUT2D eigenvalue weighted by molar-refractivity contribution is 7.09. The number of rotatable bonds is 7. The van der Waals surface area contributed by atoms with Gasteiger partial charge in [-0.15, -0.1) is 11.3 Å². The van der Waals surface area contributed by atoms with Gasteiger partial charge in [-0.25, -0.2) is 9.78 Å². The maximum atomic E-state index is 12.4. The zero-order valence-corrected chi connectivity index (χ0v) is 14.5. The van der Waals surface area contributed by atoms with E-state index in [0.717, 1.165) is 12.0 Å². The minimum atomic E-state index is -1.10. The van der Waals surface area contributed by atoms with E-state index in [1.165, 1.54) is 23.6 Å². The summed E-state index contributed by atoms with van der Waals surface area (Å²) in [6.07, 6.45) is 1.44. The lowest BCUT2D eigenvalue weighted by Gasteiger charge is -2.05. The zero-order chi connectivity index (χ0) is 17.9. The number of aromatic carboxylic acids is 1. The molecular weight excluding hydrogens is 330 g/mol. The second-order valence-electron chi connectivity index (χ2n) is 5.40. The average molecular weight is 349 g/mol. The van der Waals surface area contributed by atoms with Crippen molar-refractivity contribution >= 4 is 29.0 Å². The molecule has 0 spiro atoms. The Bertz CT molecular complexity index is 791. The third-order valence-electron chi connectivity index (χ3n) is 3.54. The number of nitrogens with one attached hydrogen (secondary N) is 2. The molecule has 0 aliphatic rings. The van der Waals surface area contributed by atoms with Gasteiger partial charge in [-0.05, 0) is 25.8 Å². The maximum Gasteiger partial charge on any atom is 0.355 e. The first-order valence-corrected chi connectivity index (χ1v) is 8.41. The summed E-state index contributed by atoms with van der Waals surface area (Å²) in [7, 11) is 0. The molecular formula is C16H19N3O4S. The molecule has 7 nitrogen and oxygen atoms in total. The van der Waals surface area contributed by atoms with E-state index in [4.69, 9.17) is 5.11 Å². The summed E-state index contributed by atoms with van der Waals surface area (Å²) in [4.78, 5) is 42.0. The number of H-pyrrole nitrogens is 1. The zero-order valence-electron chi connectivity index (χ0n) is 13.7. The van der Waals surface area contributed by atoms with Crippen LogP contribution in [0.3, 0.4) is 0 Å². The van der Waals surface area contributed by atoms with E-state index in [0.29, 0.717) is 28.4 Å². The summed E-state index contributed by atoms with van der Waals surface area (Å²) in [5.41, 5.74) is 2.33.